The lowest BCUT2D eigenvalue weighted by Crippen LogP contribution is -2.49. The Labute approximate surface area is 168 Å². The van der Waals surface area contributed by atoms with E-state index in [4.69, 9.17) is 4.74 Å². The number of guanidine groups is 1. The first kappa shape index (κ1) is 22.4. The van der Waals surface area contributed by atoms with E-state index in [2.05, 4.69) is 46.6 Å². The molecule has 0 aromatic rings. The lowest BCUT2D eigenvalue weighted by atomic mass is 10.2. The monoisotopic (exact) mass is 467 g/mol. The number of aliphatic imine (C=N–C) groups is 1. The molecule has 1 amide bonds. The third kappa shape index (κ3) is 8.08. The van der Waals surface area contributed by atoms with Crippen LogP contribution in [0.15, 0.2) is 4.99 Å². The molecule has 2 fully saturated rings. The fourth-order valence-electron chi connectivity index (χ4n) is 2.92. The predicted octanol–water partition coefficient (Wildman–Crippen LogP) is 0.795. The second-order valence-corrected chi connectivity index (χ2v) is 6.72. The molecule has 8 heteroatoms. The molecule has 1 aliphatic carbocycles. The number of nitrogens with one attached hydrogen (secondary N) is 3. The van der Waals surface area contributed by atoms with E-state index in [9.17, 15) is 4.79 Å². The molecule has 2 aliphatic rings. The van der Waals surface area contributed by atoms with Gasteiger partial charge in [0.2, 0.25) is 5.91 Å². The van der Waals surface area contributed by atoms with Gasteiger partial charge in [-0.05, 0) is 33.6 Å². The van der Waals surface area contributed by atoms with E-state index in [1.54, 1.807) is 0 Å². The smallest absolute Gasteiger partial charge is 0.223 e. The largest absolute Gasteiger partial charge is 0.379 e. The molecule has 0 aromatic heterocycles. The molecule has 7 nitrogen and oxygen atoms in total. The number of amides is 1. The molecule has 1 saturated heterocycles. The maximum atomic E-state index is 11.6. The van der Waals surface area contributed by atoms with Crippen LogP contribution in [0.25, 0.3) is 0 Å². The number of hydrogen-bond acceptors (Lipinski definition) is 4. The van der Waals surface area contributed by atoms with Gasteiger partial charge in [-0.2, -0.15) is 0 Å². The zero-order valence-corrected chi connectivity index (χ0v) is 18.0. The molecule has 146 valence electrons. The summed E-state index contributed by atoms with van der Waals surface area (Å²) in [5.74, 6) is 1.27. The summed E-state index contributed by atoms with van der Waals surface area (Å²) in [6, 6.07) is 0.825. The van der Waals surface area contributed by atoms with E-state index in [0.717, 1.165) is 51.6 Å². The van der Waals surface area contributed by atoms with Crippen molar-refractivity contribution in [2.75, 3.05) is 45.9 Å². The fraction of sp³-hybridized carbons (Fsp3) is 0.882. The number of carbonyl (C=O) groups excluding carboxylic acids is 1. The van der Waals surface area contributed by atoms with Crippen molar-refractivity contribution in [3.63, 3.8) is 0 Å². The average molecular weight is 467 g/mol. The fourth-order valence-corrected chi connectivity index (χ4v) is 2.92. The van der Waals surface area contributed by atoms with Crippen molar-refractivity contribution in [3.8, 4) is 0 Å². The van der Waals surface area contributed by atoms with Gasteiger partial charge in [0.05, 0.1) is 19.8 Å². The van der Waals surface area contributed by atoms with Crippen molar-refractivity contribution >= 4 is 35.8 Å². The van der Waals surface area contributed by atoms with Gasteiger partial charge in [0.1, 0.15) is 0 Å². The Morgan fingerprint density at radius 3 is 2.64 bits per heavy atom. The Morgan fingerprint density at radius 1 is 1.28 bits per heavy atom. The predicted molar refractivity (Wildman–Crippen MR) is 112 cm³/mol. The van der Waals surface area contributed by atoms with Gasteiger partial charge >= 0.3 is 0 Å². The first-order valence-corrected chi connectivity index (χ1v) is 9.25. The first-order chi connectivity index (χ1) is 11.6. The minimum absolute atomic E-state index is 0. The highest BCUT2D eigenvalue weighted by molar-refractivity contribution is 14.0. The van der Waals surface area contributed by atoms with E-state index >= 15 is 0 Å². The van der Waals surface area contributed by atoms with Crippen LogP contribution in [-0.4, -0.2) is 74.8 Å². The van der Waals surface area contributed by atoms with Crippen molar-refractivity contribution < 1.29 is 9.53 Å². The van der Waals surface area contributed by atoms with Crippen LogP contribution >= 0.6 is 24.0 Å². The van der Waals surface area contributed by atoms with Crippen LogP contribution < -0.4 is 16.0 Å². The normalized spacial score (nSPS) is 22.7. The van der Waals surface area contributed by atoms with Gasteiger partial charge in [-0.3, -0.25) is 14.7 Å². The molecule has 0 radical (unpaired) electrons. The summed E-state index contributed by atoms with van der Waals surface area (Å²) >= 11 is 0. The zero-order chi connectivity index (χ0) is 17.4. The number of halogens is 1. The Balaban J connectivity index is 0.00000312. The second-order valence-electron chi connectivity index (χ2n) is 6.72. The van der Waals surface area contributed by atoms with Crippen molar-refractivity contribution in [2.45, 2.75) is 45.7 Å². The van der Waals surface area contributed by atoms with Crippen LogP contribution in [0.3, 0.4) is 0 Å². The summed E-state index contributed by atoms with van der Waals surface area (Å²) < 4.78 is 5.50. The quantitative estimate of drug-likeness (QED) is 0.213. The molecule has 1 saturated carbocycles. The highest BCUT2D eigenvalue weighted by Gasteiger charge is 2.29. The van der Waals surface area contributed by atoms with Crippen molar-refractivity contribution in [1.29, 1.82) is 0 Å². The average Bonchev–Trinajstić information content (AvgIpc) is 3.41. The molecular formula is C17H34IN5O2. The molecule has 25 heavy (non-hydrogen) atoms. The molecule has 3 N–H and O–H groups in total. The molecule has 2 unspecified atom stereocenters. The molecule has 1 aliphatic heterocycles. The summed E-state index contributed by atoms with van der Waals surface area (Å²) in [5, 5.41) is 9.50. The van der Waals surface area contributed by atoms with Crippen LogP contribution in [0.5, 0.6) is 0 Å². The molecular weight excluding hydrogens is 433 g/mol. The lowest BCUT2D eigenvalue weighted by molar-refractivity contribution is -0.122. The zero-order valence-electron chi connectivity index (χ0n) is 15.7. The van der Waals surface area contributed by atoms with Crippen LogP contribution in [0, 0.1) is 5.92 Å². The molecule has 0 spiro atoms. The van der Waals surface area contributed by atoms with E-state index < -0.39 is 0 Å². The van der Waals surface area contributed by atoms with Crippen molar-refractivity contribution in [2.24, 2.45) is 10.9 Å². The number of rotatable bonds is 8. The van der Waals surface area contributed by atoms with Crippen molar-refractivity contribution in [3.05, 3.63) is 0 Å². The summed E-state index contributed by atoms with van der Waals surface area (Å²) in [6.07, 6.45) is 2.09. The van der Waals surface area contributed by atoms with Crippen molar-refractivity contribution in [1.82, 2.24) is 20.9 Å². The summed E-state index contributed by atoms with van der Waals surface area (Å²) in [7, 11) is 0. The third-order valence-corrected chi connectivity index (χ3v) is 4.51. The van der Waals surface area contributed by atoms with E-state index in [1.165, 1.54) is 0 Å². The summed E-state index contributed by atoms with van der Waals surface area (Å²) in [4.78, 5) is 18.7. The topological polar surface area (TPSA) is 78.0 Å². The number of hydrogen-bond donors (Lipinski definition) is 3. The van der Waals surface area contributed by atoms with Gasteiger partial charge in [0, 0.05) is 44.2 Å². The minimum Gasteiger partial charge on any atom is -0.379 e. The van der Waals surface area contributed by atoms with Gasteiger partial charge < -0.3 is 20.7 Å². The minimum atomic E-state index is 0. The Kier molecular flexibility index (Phi) is 10.7. The van der Waals surface area contributed by atoms with Gasteiger partial charge in [-0.25, -0.2) is 0 Å². The molecule has 0 bridgehead atoms. The van der Waals surface area contributed by atoms with Gasteiger partial charge in [0.15, 0.2) is 5.96 Å². The Morgan fingerprint density at radius 2 is 2.00 bits per heavy atom. The van der Waals surface area contributed by atoms with Crippen LogP contribution in [0.1, 0.15) is 33.6 Å². The van der Waals surface area contributed by atoms with Gasteiger partial charge in [0.25, 0.3) is 0 Å². The maximum Gasteiger partial charge on any atom is 0.223 e. The maximum absolute atomic E-state index is 11.6. The van der Waals surface area contributed by atoms with E-state index in [0.29, 0.717) is 25.2 Å². The first-order valence-electron chi connectivity index (χ1n) is 9.25. The Bertz CT molecular complexity index is 431. The number of ether oxygens (including phenoxy) is 1. The molecule has 1 heterocycles. The summed E-state index contributed by atoms with van der Waals surface area (Å²) in [6.45, 7) is 11.9. The molecule has 0 aromatic carbocycles. The van der Waals surface area contributed by atoms with Crippen LogP contribution in [0.4, 0.5) is 0 Å². The van der Waals surface area contributed by atoms with Crippen LogP contribution in [0.2, 0.25) is 0 Å². The SMILES string of the molecule is CCNC(=NCC(C)N1CCOCC1C)NCCNC(=O)C1CC1.I. The summed E-state index contributed by atoms with van der Waals surface area (Å²) in [5.41, 5.74) is 0. The highest BCUT2D eigenvalue weighted by Crippen LogP contribution is 2.28. The highest BCUT2D eigenvalue weighted by atomic mass is 127. The van der Waals surface area contributed by atoms with E-state index in [1.807, 2.05) is 0 Å². The molecule has 2 rings (SSSR count). The molecule has 2 atom stereocenters. The lowest BCUT2D eigenvalue weighted by Gasteiger charge is -2.37. The van der Waals surface area contributed by atoms with Gasteiger partial charge in [-0.15, -0.1) is 24.0 Å². The second kappa shape index (κ2) is 11.9. The number of morpholine rings is 1. The standard InChI is InChI=1S/C17H33N5O2.HI/c1-4-18-17(20-8-7-19-16(23)15-5-6-15)21-11-13(2)22-9-10-24-12-14(22)3;/h13-15H,4-12H2,1-3H3,(H,19,23)(H2,18,20,21);1H. The van der Waals surface area contributed by atoms with E-state index in [-0.39, 0.29) is 35.8 Å². The van der Waals surface area contributed by atoms with Gasteiger partial charge in [-0.1, -0.05) is 0 Å². The number of nitrogens with zero attached hydrogens (tertiary/aromatic N) is 2. The van der Waals surface area contributed by atoms with Crippen LogP contribution in [-0.2, 0) is 9.53 Å². The number of carbonyl (C=O) groups is 1. The Hall–Kier alpha value is -0.610. The third-order valence-electron chi connectivity index (χ3n) is 4.51.